The van der Waals surface area contributed by atoms with Crippen LogP contribution in [0.5, 0.6) is 0 Å². The van der Waals surface area contributed by atoms with Crippen LogP contribution in [0.15, 0.2) is 34.8 Å². The van der Waals surface area contributed by atoms with Gasteiger partial charge < -0.3 is 10.2 Å². The molecule has 0 aliphatic carbocycles. The number of halogens is 1. The number of rotatable bonds is 2. The SMILES string of the molecule is CNC(=O)c1ccc(N2CCc3c(Br)cccc3C2)nn1. The highest BCUT2D eigenvalue weighted by molar-refractivity contribution is 9.10. The van der Waals surface area contributed by atoms with E-state index in [1.807, 2.05) is 12.1 Å². The molecule has 1 aliphatic rings. The summed E-state index contributed by atoms with van der Waals surface area (Å²) < 4.78 is 1.17. The van der Waals surface area contributed by atoms with Crippen LogP contribution in [-0.2, 0) is 13.0 Å². The average molecular weight is 347 g/mol. The molecule has 0 atom stereocenters. The molecule has 0 bridgehead atoms. The molecule has 1 amide bonds. The van der Waals surface area contributed by atoms with Gasteiger partial charge in [0.05, 0.1) is 0 Å². The molecule has 0 radical (unpaired) electrons. The highest BCUT2D eigenvalue weighted by Crippen LogP contribution is 2.28. The smallest absolute Gasteiger partial charge is 0.271 e. The van der Waals surface area contributed by atoms with Gasteiger partial charge in [-0.3, -0.25) is 4.79 Å². The van der Waals surface area contributed by atoms with E-state index >= 15 is 0 Å². The lowest BCUT2D eigenvalue weighted by Crippen LogP contribution is -2.31. The second kappa shape index (κ2) is 5.81. The van der Waals surface area contributed by atoms with Gasteiger partial charge in [-0.1, -0.05) is 28.1 Å². The summed E-state index contributed by atoms with van der Waals surface area (Å²) in [6.07, 6.45) is 0.968. The van der Waals surface area contributed by atoms with E-state index in [-0.39, 0.29) is 5.91 Å². The van der Waals surface area contributed by atoms with E-state index in [4.69, 9.17) is 0 Å². The van der Waals surface area contributed by atoms with Gasteiger partial charge in [-0.15, -0.1) is 10.2 Å². The summed E-state index contributed by atoms with van der Waals surface area (Å²) in [7, 11) is 1.58. The zero-order chi connectivity index (χ0) is 14.8. The van der Waals surface area contributed by atoms with Gasteiger partial charge >= 0.3 is 0 Å². The third-order valence-electron chi connectivity index (χ3n) is 3.64. The summed E-state index contributed by atoms with van der Waals surface area (Å²) >= 11 is 3.60. The molecule has 108 valence electrons. The van der Waals surface area contributed by atoms with E-state index in [1.165, 1.54) is 15.6 Å². The van der Waals surface area contributed by atoms with E-state index in [9.17, 15) is 4.79 Å². The number of fused-ring (bicyclic) bond motifs is 1. The minimum Gasteiger partial charge on any atom is -0.354 e. The van der Waals surface area contributed by atoms with Crippen LogP contribution in [0.25, 0.3) is 0 Å². The Hall–Kier alpha value is -1.95. The van der Waals surface area contributed by atoms with Gasteiger partial charge in [0.1, 0.15) is 0 Å². The molecule has 2 aromatic rings. The first kappa shape index (κ1) is 14.0. The minimum atomic E-state index is -0.220. The van der Waals surface area contributed by atoms with E-state index in [0.29, 0.717) is 5.69 Å². The highest BCUT2D eigenvalue weighted by atomic mass is 79.9. The van der Waals surface area contributed by atoms with Crippen LogP contribution in [-0.4, -0.2) is 29.7 Å². The molecule has 3 rings (SSSR count). The van der Waals surface area contributed by atoms with Crippen molar-refractivity contribution >= 4 is 27.7 Å². The number of carbonyl (C=O) groups excluding carboxylic acids is 1. The summed E-state index contributed by atoms with van der Waals surface area (Å²) in [6, 6.07) is 9.82. The number of amides is 1. The Morgan fingerprint density at radius 2 is 2.14 bits per heavy atom. The molecule has 0 fully saturated rings. The van der Waals surface area contributed by atoms with Gasteiger partial charge in [-0.25, -0.2) is 0 Å². The number of benzene rings is 1. The Kier molecular flexibility index (Phi) is 3.88. The lowest BCUT2D eigenvalue weighted by atomic mass is 10.00. The third kappa shape index (κ3) is 2.76. The summed E-state index contributed by atoms with van der Waals surface area (Å²) in [4.78, 5) is 13.6. The molecular weight excluding hydrogens is 332 g/mol. The van der Waals surface area contributed by atoms with Crippen molar-refractivity contribution in [3.8, 4) is 0 Å². The van der Waals surface area contributed by atoms with Crippen molar-refractivity contribution in [2.45, 2.75) is 13.0 Å². The topological polar surface area (TPSA) is 58.1 Å². The Bertz CT molecular complexity index is 672. The number of nitrogens with one attached hydrogen (secondary N) is 1. The maximum Gasteiger partial charge on any atom is 0.271 e. The molecule has 1 aromatic heterocycles. The highest BCUT2D eigenvalue weighted by Gasteiger charge is 2.19. The molecule has 0 spiro atoms. The fourth-order valence-electron chi connectivity index (χ4n) is 2.50. The van der Waals surface area contributed by atoms with Gasteiger partial charge in [-0.05, 0) is 35.7 Å². The molecule has 1 aliphatic heterocycles. The van der Waals surface area contributed by atoms with Crippen LogP contribution in [0.4, 0.5) is 5.82 Å². The Labute approximate surface area is 131 Å². The van der Waals surface area contributed by atoms with Crippen LogP contribution in [0, 0.1) is 0 Å². The number of carbonyl (C=O) groups is 1. The number of nitrogens with zero attached hydrogens (tertiary/aromatic N) is 3. The molecule has 1 N–H and O–H groups in total. The summed E-state index contributed by atoms with van der Waals surface area (Å²) in [5.74, 6) is 0.579. The molecule has 0 unspecified atom stereocenters. The van der Waals surface area contributed by atoms with Crippen LogP contribution in [0.3, 0.4) is 0 Å². The van der Waals surface area contributed by atoms with Crippen LogP contribution < -0.4 is 10.2 Å². The average Bonchev–Trinajstić information content (AvgIpc) is 2.54. The van der Waals surface area contributed by atoms with Crippen molar-refractivity contribution in [1.29, 1.82) is 0 Å². The quantitative estimate of drug-likeness (QED) is 0.905. The van der Waals surface area contributed by atoms with Crippen molar-refractivity contribution in [2.24, 2.45) is 0 Å². The first-order valence-electron chi connectivity index (χ1n) is 6.76. The van der Waals surface area contributed by atoms with E-state index < -0.39 is 0 Å². The van der Waals surface area contributed by atoms with E-state index in [0.717, 1.165) is 25.3 Å². The lowest BCUT2D eigenvalue weighted by Gasteiger charge is -2.30. The minimum absolute atomic E-state index is 0.220. The van der Waals surface area contributed by atoms with Gasteiger partial charge in [-0.2, -0.15) is 0 Å². The molecular formula is C15H15BrN4O. The first-order valence-corrected chi connectivity index (χ1v) is 7.55. The van der Waals surface area contributed by atoms with Gasteiger partial charge in [0, 0.05) is 24.6 Å². The van der Waals surface area contributed by atoms with E-state index in [2.05, 4.69) is 48.5 Å². The zero-order valence-corrected chi connectivity index (χ0v) is 13.2. The molecule has 1 aromatic carbocycles. The molecule has 5 nitrogen and oxygen atoms in total. The fourth-order valence-corrected chi connectivity index (χ4v) is 3.11. The van der Waals surface area contributed by atoms with Crippen molar-refractivity contribution in [2.75, 3.05) is 18.5 Å². The third-order valence-corrected chi connectivity index (χ3v) is 4.39. The Balaban J connectivity index is 1.81. The predicted octanol–water partition coefficient (Wildman–Crippen LogP) is 2.16. The number of hydrogen-bond donors (Lipinski definition) is 1. The van der Waals surface area contributed by atoms with Crippen molar-refractivity contribution < 1.29 is 4.79 Å². The van der Waals surface area contributed by atoms with Crippen LogP contribution in [0.1, 0.15) is 21.6 Å². The molecule has 6 heteroatoms. The maximum absolute atomic E-state index is 11.5. The second-order valence-corrected chi connectivity index (χ2v) is 5.76. The predicted molar refractivity (Wildman–Crippen MR) is 84.3 cm³/mol. The second-order valence-electron chi connectivity index (χ2n) is 4.90. The van der Waals surface area contributed by atoms with Crippen molar-refractivity contribution in [3.05, 3.63) is 51.6 Å². The Morgan fingerprint density at radius 3 is 2.86 bits per heavy atom. The molecule has 2 heterocycles. The lowest BCUT2D eigenvalue weighted by molar-refractivity contribution is 0.0957. The molecule has 0 saturated heterocycles. The Morgan fingerprint density at radius 1 is 1.29 bits per heavy atom. The number of anilines is 1. The summed E-state index contributed by atoms with van der Waals surface area (Å²) in [5, 5.41) is 10.7. The standard InChI is InChI=1S/C15H15BrN4O/c1-17-15(21)13-5-6-14(19-18-13)20-8-7-11-10(9-20)3-2-4-12(11)16/h2-6H,7-9H2,1H3,(H,17,21). The zero-order valence-electron chi connectivity index (χ0n) is 11.6. The maximum atomic E-state index is 11.5. The number of aromatic nitrogens is 2. The van der Waals surface area contributed by atoms with Gasteiger partial charge in [0.25, 0.3) is 5.91 Å². The van der Waals surface area contributed by atoms with E-state index in [1.54, 1.807) is 13.1 Å². The fraction of sp³-hybridized carbons (Fsp3) is 0.267. The van der Waals surface area contributed by atoms with Crippen LogP contribution >= 0.6 is 15.9 Å². The molecule has 21 heavy (non-hydrogen) atoms. The normalized spacial score (nSPS) is 13.7. The van der Waals surface area contributed by atoms with Gasteiger partial charge in [0.2, 0.25) is 0 Å². The first-order chi connectivity index (χ1) is 10.2. The van der Waals surface area contributed by atoms with Crippen molar-refractivity contribution in [1.82, 2.24) is 15.5 Å². The monoisotopic (exact) mass is 346 g/mol. The molecule has 0 saturated carbocycles. The summed E-state index contributed by atoms with van der Waals surface area (Å²) in [5.41, 5.74) is 3.00. The van der Waals surface area contributed by atoms with Gasteiger partial charge in [0.15, 0.2) is 11.5 Å². The largest absolute Gasteiger partial charge is 0.354 e. The summed E-state index contributed by atoms with van der Waals surface area (Å²) in [6.45, 7) is 1.70. The van der Waals surface area contributed by atoms with Crippen LogP contribution in [0.2, 0.25) is 0 Å². The van der Waals surface area contributed by atoms with Crippen molar-refractivity contribution in [3.63, 3.8) is 0 Å². The number of hydrogen-bond acceptors (Lipinski definition) is 4.